The summed E-state index contributed by atoms with van der Waals surface area (Å²) < 4.78 is 0. The summed E-state index contributed by atoms with van der Waals surface area (Å²) in [4.78, 5) is 26.6. The van der Waals surface area contributed by atoms with Gasteiger partial charge in [0.1, 0.15) is 0 Å². The van der Waals surface area contributed by atoms with Gasteiger partial charge in [-0.05, 0) is 35.6 Å². The third-order valence-corrected chi connectivity index (χ3v) is 5.02. The van der Waals surface area contributed by atoms with Crippen molar-refractivity contribution in [3.63, 3.8) is 0 Å². The van der Waals surface area contributed by atoms with Crippen LogP contribution in [0.25, 0.3) is 0 Å². The molecule has 1 heterocycles. The number of carbonyl (C=O) groups is 2. The van der Waals surface area contributed by atoms with Gasteiger partial charge in [0.2, 0.25) is 11.8 Å². The van der Waals surface area contributed by atoms with Crippen molar-refractivity contribution in [2.24, 2.45) is 5.92 Å². The summed E-state index contributed by atoms with van der Waals surface area (Å²) in [5, 5.41) is 2.98. The van der Waals surface area contributed by atoms with Crippen LogP contribution in [-0.2, 0) is 16.1 Å². The van der Waals surface area contributed by atoms with Gasteiger partial charge in [0.05, 0.1) is 5.92 Å². The van der Waals surface area contributed by atoms with Crippen LogP contribution < -0.4 is 10.2 Å². The van der Waals surface area contributed by atoms with Crippen LogP contribution in [0.5, 0.6) is 0 Å². The van der Waals surface area contributed by atoms with Crippen molar-refractivity contribution >= 4 is 17.5 Å². The summed E-state index contributed by atoms with van der Waals surface area (Å²) in [7, 11) is 0. The van der Waals surface area contributed by atoms with Gasteiger partial charge in [-0.2, -0.15) is 0 Å². The molecule has 26 heavy (non-hydrogen) atoms. The highest BCUT2D eigenvalue weighted by Crippen LogP contribution is 2.27. The molecule has 1 saturated heterocycles. The molecule has 0 spiro atoms. The Morgan fingerprint density at radius 2 is 1.85 bits per heavy atom. The molecular weight excluding hydrogens is 324 g/mol. The van der Waals surface area contributed by atoms with Crippen molar-refractivity contribution in [2.75, 3.05) is 11.4 Å². The zero-order chi connectivity index (χ0) is 18.7. The van der Waals surface area contributed by atoms with E-state index < -0.39 is 0 Å². The van der Waals surface area contributed by atoms with Crippen LogP contribution in [-0.4, -0.2) is 18.4 Å². The quantitative estimate of drug-likeness (QED) is 0.892. The number of para-hydroxylation sites is 1. The minimum atomic E-state index is -0.294. The lowest BCUT2D eigenvalue weighted by Gasteiger charge is -2.19. The van der Waals surface area contributed by atoms with Gasteiger partial charge in [0, 0.05) is 25.2 Å². The Bertz CT molecular complexity index is 796. The topological polar surface area (TPSA) is 49.4 Å². The number of hydrogen-bond acceptors (Lipinski definition) is 2. The largest absolute Gasteiger partial charge is 0.352 e. The number of aryl methyl sites for hydroxylation is 1. The van der Waals surface area contributed by atoms with Crippen LogP contribution >= 0.6 is 0 Å². The molecule has 2 amide bonds. The van der Waals surface area contributed by atoms with E-state index >= 15 is 0 Å². The highest BCUT2D eigenvalue weighted by Gasteiger charge is 2.35. The molecule has 0 saturated carbocycles. The number of amides is 2. The van der Waals surface area contributed by atoms with Crippen molar-refractivity contribution < 1.29 is 9.59 Å². The SMILES string of the molecule is Cc1ccccc1N1C[C@H](C(=O)NCc2ccc(C(C)C)cc2)CC1=O. The van der Waals surface area contributed by atoms with Crippen LogP contribution in [0.1, 0.15) is 42.9 Å². The lowest BCUT2D eigenvalue weighted by molar-refractivity contribution is -0.126. The second kappa shape index (κ2) is 7.73. The fraction of sp³-hybridized carbons (Fsp3) is 0.364. The van der Waals surface area contributed by atoms with Crippen LogP contribution in [0.3, 0.4) is 0 Å². The van der Waals surface area contributed by atoms with Gasteiger partial charge in [-0.25, -0.2) is 0 Å². The normalized spacial score (nSPS) is 17.0. The molecule has 0 aromatic heterocycles. The molecule has 4 nitrogen and oxygen atoms in total. The molecule has 1 atom stereocenters. The molecule has 136 valence electrons. The predicted octanol–water partition coefficient (Wildman–Crippen LogP) is 3.79. The third kappa shape index (κ3) is 3.96. The summed E-state index contributed by atoms with van der Waals surface area (Å²) in [6, 6.07) is 16.1. The van der Waals surface area contributed by atoms with E-state index in [1.54, 1.807) is 4.90 Å². The van der Waals surface area contributed by atoms with E-state index in [9.17, 15) is 9.59 Å². The number of rotatable bonds is 5. The smallest absolute Gasteiger partial charge is 0.227 e. The molecule has 1 aliphatic rings. The number of benzene rings is 2. The average molecular weight is 350 g/mol. The van der Waals surface area contributed by atoms with Crippen LogP contribution in [0.15, 0.2) is 48.5 Å². The molecule has 1 aliphatic heterocycles. The summed E-state index contributed by atoms with van der Waals surface area (Å²) in [6.45, 7) is 7.24. The van der Waals surface area contributed by atoms with Crippen molar-refractivity contribution in [1.82, 2.24) is 5.32 Å². The fourth-order valence-electron chi connectivity index (χ4n) is 3.34. The van der Waals surface area contributed by atoms with Crippen molar-refractivity contribution in [3.8, 4) is 0 Å². The summed E-state index contributed by atoms with van der Waals surface area (Å²) in [5.74, 6) is 0.163. The Hall–Kier alpha value is -2.62. The van der Waals surface area contributed by atoms with Gasteiger partial charge in [0.25, 0.3) is 0 Å². The van der Waals surface area contributed by atoms with E-state index in [4.69, 9.17) is 0 Å². The number of hydrogen-bond donors (Lipinski definition) is 1. The van der Waals surface area contributed by atoms with E-state index in [0.29, 0.717) is 19.0 Å². The Morgan fingerprint density at radius 1 is 1.15 bits per heavy atom. The Morgan fingerprint density at radius 3 is 2.50 bits per heavy atom. The summed E-state index contributed by atoms with van der Waals surface area (Å²) in [6.07, 6.45) is 0.270. The van der Waals surface area contributed by atoms with E-state index in [2.05, 4.69) is 43.4 Å². The maximum Gasteiger partial charge on any atom is 0.227 e. The third-order valence-electron chi connectivity index (χ3n) is 5.02. The molecule has 3 rings (SSSR count). The van der Waals surface area contributed by atoms with Gasteiger partial charge < -0.3 is 10.2 Å². The van der Waals surface area contributed by atoms with Crippen molar-refractivity contribution in [1.29, 1.82) is 0 Å². The zero-order valence-corrected chi connectivity index (χ0v) is 15.7. The maximum atomic E-state index is 12.5. The van der Waals surface area contributed by atoms with Gasteiger partial charge in [-0.15, -0.1) is 0 Å². The average Bonchev–Trinajstić information content (AvgIpc) is 3.02. The summed E-state index contributed by atoms with van der Waals surface area (Å²) in [5.41, 5.74) is 4.31. The first kappa shape index (κ1) is 18.2. The molecule has 0 radical (unpaired) electrons. The highest BCUT2D eigenvalue weighted by molar-refractivity contribution is 6.00. The first-order chi connectivity index (χ1) is 12.5. The number of nitrogens with one attached hydrogen (secondary N) is 1. The molecule has 4 heteroatoms. The Balaban J connectivity index is 1.59. The summed E-state index contributed by atoms with van der Waals surface area (Å²) >= 11 is 0. The monoisotopic (exact) mass is 350 g/mol. The molecule has 0 bridgehead atoms. The van der Waals surface area contributed by atoms with Crippen LogP contribution in [0.4, 0.5) is 5.69 Å². The molecule has 1 N–H and O–H groups in total. The number of anilines is 1. The van der Waals surface area contributed by atoms with Gasteiger partial charge in [0.15, 0.2) is 0 Å². The molecular formula is C22H26N2O2. The fourth-order valence-corrected chi connectivity index (χ4v) is 3.34. The standard InChI is InChI=1S/C22H26N2O2/c1-15(2)18-10-8-17(9-11-18)13-23-22(26)19-12-21(25)24(14-19)20-7-5-4-6-16(20)3/h4-11,15,19H,12-14H2,1-3H3,(H,23,26)/t19-/m1/s1. The minimum absolute atomic E-state index is 0.0146. The molecule has 2 aromatic carbocycles. The molecule has 1 fully saturated rings. The van der Waals surface area contributed by atoms with E-state index in [1.165, 1.54) is 5.56 Å². The molecule has 2 aromatic rings. The second-order valence-electron chi connectivity index (χ2n) is 7.31. The van der Waals surface area contributed by atoms with Gasteiger partial charge >= 0.3 is 0 Å². The van der Waals surface area contributed by atoms with Gasteiger partial charge in [-0.1, -0.05) is 56.3 Å². The van der Waals surface area contributed by atoms with Crippen molar-refractivity contribution in [2.45, 2.75) is 39.7 Å². The molecule has 0 aliphatic carbocycles. The van der Waals surface area contributed by atoms with Crippen molar-refractivity contribution in [3.05, 3.63) is 65.2 Å². The minimum Gasteiger partial charge on any atom is -0.352 e. The number of nitrogens with zero attached hydrogens (tertiary/aromatic N) is 1. The van der Waals surface area contributed by atoms with E-state index in [0.717, 1.165) is 16.8 Å². The number of carbonyl (C=O) groups excluding carboxylic acids is 2. The zero-order valence-electron chi connectivity index (χ0n) is 15.7. The highest BCUT2D eigenvalue weighted by atomic mass is 16.2. The second-order valence-corrected chi connectivity index (χ2v) is 7.31. The Labute approximate surface area is 155 Å². The van der Waals surface area contributed by atoms with Gasteiger partial charge in [-0.3, -0.25) is 9.59 Å². The van der Waals surface area contributed by atoms with E-state index in [1.807, 2.05) is 31.2 Å². The first-order valence-electron chi connectivity index (χ1n) is 9.18. The lowest BCUT2D eigenvalue weighted by atomic mass is 10.0. The first-order valence-corrected chi connectivity index (χ1v) is 9.18. The maximum absolute atomic E-state index is 12.5. The van der Waals surface area contributed by atoms with Crippen LogP contribution in [0.2, 0.25) is 0 Å². The molecule has 0 unspecified atom stereocenters. The lowest BCUT2D eigenvalue weighted by Crippen LogP contribution is -2.32. The predicted molar refractivity (Wildman–Crippen MR) is 104 cm³/mol. The Kier molecular flexibility index (Phi) is 5.40. The van der Waals surface area contributed by atoms with Crippen LogP contribution in [0, 0.1) is 12.8 Å². The van der Waals surface area contributed by atoms with E-state index in [-0.39, 0.29) is 24.2 Å².